The van der Waals surface area contributed by atoms with E-state index in [4.69, 9.17) is 13.8 Å². The van der Waals surface area contributed by atoms with Crippen molar-refractivity contribution in [3.8, 4) is 11.1 Å². The molecule has 1 aliphatic carbocycles. The summed E-state index contributed by atoms with van der Waals surface area (Å²) in [4.78, 5) is 7.69. The number of amidine groups is 1. The van der Waals surface area contributed by atoms with Crippen molar-refractivity contribution in [2.75, 3.05) is 7.05 Å². The number of hydrogen-bond donors (Lipinski definition) is 1. The van der Waals surface area contributed by atoms with Gasteiger partial charge < -0.3 is 14.2 Å². The van der Waals surface area contributed by atoms with Crippen LogP contribution in [0.1, 0.15) is 34.8 Å². The van der Waals surface area contributed by atoms with Gasteiger partial charge in [-0.05, 0) is 48.0 Å². The smallest absolute Gasteiger partial charge is 0.142 e. The first-order chi connectivity index (χ1) is 25.7. The number of nitrogens with one attached hydrogen (secondary N) is 1. The molecule has 5 nitrogen and oxygen atoms in total. The van der Waals surface area contributed by atoms with Crippen LogP contribution in [0, 0.1) is 5.92 Å². The standard InChI is InChI=1S/C46H33N3O2S/c1-49-45(27-11-3-2-4-12-27)47-44(29-22-24-32-31-13-5-7-19-38(31)50-39(32)26-29)48-46(49)37-18-10-16-35-33-23-21-28(25-40(33)51-42(35)37)30-15-9-17-36-34-14-6-8-20-41(34)52-43(30)36/h2-25,29,45-46H,26H2,1H3,(H,47,48). The maximum atomic E-state index is 6.89. The quantitative estimate of drug-likeness (QED) is 0.200. The molecule has 4 heterocycles. The van der Waals surface area contributed by atoms with Crippen molar-refractivity contribution in [2.45, 2.75) is 18.8 Å². The lowest BCUT2D eigenvalue weighted by Gasteiger charge is -2.40. The highest BCUT2D eigenvalue weighted by Gasteiger charge is 2.36. The van der Waals surface area contributed by atoms with Crippen LogP contribution in [0.5, 0.6) is 0 Å². The Labute approximate surface area is 304 Å². The van der Waals surface area contributed by atoms with Gasteiger partial charge in [-0.2, -0.15) is 0 Å². The summed E-state index contributed by atoms with van der Waals surface area (Å²) < 4.78 is 15.9. The van der Waals surface area contributed by atoms with Crippen LogP contribution >= 0.6 is 11.3 Å². The first-order valence-electron chi connectivity index (χ1n) is 17.8. The fraction of sp³-hybridized carbons (Fsp3) is 0.109. The molecule has 9 aromatic rings. The Hall–Kier alpha value is -5.95. The number of rotatable bonds is 4. The van der Waals surface area contributed by atoms with Crippen molar-refractivity contribution in [3.63, 3.8) is 0 Å². The molecule has 0 saturated carbocycles. The molecule has 0 radical (unpaired) electrons. The lowest BCUT2D eigenvalue weighted by atomic mass is 9.91. The van der Waals surface area contributed by atoms with Crippen LogP contribution in [-0.4, -0.2) is 17.8 Å². The molecule has 0 amide bonds. The highest BCUT2D eigenvalue weighted by Crippen LogP contribution is 2.43. The molecule has 6 heteroatoms. The van der Waals surface area contributed by atoms with E-state index in [0.29, 0.717) is 0 Å². The van der Waals surface area contributed by atoms with Gasteiger partial charge in [0, 0.05) is 59.8 Å². The van der Waals surface area contributed by atoms with Gasteiger partial charge in [0.15, 0.2) is 0 Å². The van der Waals surface area contributed by atoms with Gasteiger partial charge in [-0.1, -0.05) is 121 Å². The Morgan fingerprint density at radius 1 is 0.712 bits per heavy atom. The maximum Gasteiger partial charge on any atom is 0.142 e. The van der Waals surface area contributed by atoms with E-state index in [1.165, 1.54) is 31.3 Å². The highest BCUT2D eigenvalue weighted by atomic mass is 32.1. The lowest BCUT2D eigenvalue weighted by Crippen LogP contribution is -2.48. The van der Waals surface area contributed by atoms with E-state index in [0.717, 1.165) is 67.6 Å². The van der Waals surface area contributed by atoms with E-state index in [9.17, 15) is 0 Å². The average molecular weight is 692 g/mol. The number of fused-ring (bicyclic) bond motifs is 9. The first kappa shape index (κ1) is 29.7. The average Bonchev–Trinajstić information content (AvgIpc) is 3.89. The maximum absolute atomic E-state index is 6.89. The van der Waals surface area contributed by atoms with Gasteiger partial charge in [-0.15, -0.1) is 11.3 Å². The van der Waals surface area contributed by atoms with Crippen molar-refractivity contribution in [1.29, 1.82) is 0 Å². The second-order valence-corrected chi connectivity index (χ2v) is 15.0. The molecule has 11 rings (SSSR count). The molecule has 0 bridgehead atoms. The van der Waals surface area contributed by atoms with E-state index in [2.05, 4.69) is 151 Å². The van der Waals surface area contributed by atoms with Gasteiger partial charge in [-0.3, -0.25) is 4.90 Å². The summed E-state index contributed by atoms with van der Waals surface area (Å²) in [6.45, 7) is 0. The monoisotopic (exact) mass is 691 g/mol. The van der Waals surface area contributed by atoms with E-state index >= 15 is 0 Å². The molecule has 3 atom stereocenters. The summed E-state index contributed by atoms with van der Waals surface area (Å²) in [5.41, 5.74) is 8.50. The Morgan fingerprint density at radius 3 is 2.42 bits per heavy atom. The Kier molecular flexibility index (Phi) is 6.60. The van der Waals surface area contributed by atoms with Crippen LogP contribution in [0.3, 0.4) is 0 Å². The van der Waals surface area contributed by atoms with Crippen LogP contribution in [0.4, 0.5) is 0 Å². The fourth-order valence-corrected chi connectivity index (χ4v) is 9.61. The Morgan fingerprint density at radius 2 is 1.50 bits per heavy atom. The molecule has 0 spiro atoms. The molecule has 3 aromatic heterocycles. The van der Waals surface area contributed by atoms with Gasteiger partial charge in [0.05, 0.1) is 0 Å². The molecular weight excluding hydrogens is 659 g/mol. The molecule has 0 fully saturated rings. The van der Waals surface area contributed by atoms with Crippen LogP contribution < -0.4 is 5.32 Å². The number of para-hydroxylation sites is 2. The van der Waals surface area contributed by atoms with Gasteiger partial charge in [0.1, 0.15) is 40.7 Å². The zero-order valence-corrected chi connectivity index (χ0v) is 29.2. The van der Waals surface area contributed by atoms with Crippen molar-refractivity contribution in [2.24, 2.45) is 10.9 Å². The number of nitrogens with zero attached hydrogens (tertiary/aromatic N) is 2. The van der Waals surface area contributed by atoms with E-state index < -0.39 is 0 Å². The molecule has 2 aliphatic rings. The molecule has 6 aromatic carbocycles. The Bertz CT molecular complexity index is 2910. The minimum Gasteiger partial charge on any atom is -0.460 e. The zero-order valence-electron chi connectivity index (χ0n) is 28.4. The van der Waals surface area contributed by atoms with Gasteiger partial charge >= 0.3 is 0 Å². The molecule has 250 valence electrons. The van der Waals surface area contributed by atoms with Crippen LogP contribution in [-0.2, 0) is 6.42 Å². The van der Waals surface area contributed by atoms with Crippen molar-refractivity contribution in [1.82, 2.24) is 10.2 Å². The van der Waals surface area contributed by atoms with Crippen LogP contribution in [0.15, 0.2) is 153 Å². The molecule has 52 heavy (non-hydrogen) atoms. The minimum absolute atomic E-state index is 0.0458. The third-order valence-corrected chi connectivity index (χ3v) is 12.2. The number of thiophene rings is 1. The summed E-state index contributed by atoms with van der Waals surface area (Å²) in [6.07, 6.45) is 4.87. The number of aliphatic imine (C=N–C) groups is 1. The summed E-state index contributed by atoms with van der Waals surface area (Å²) in [5, 5.41) is 9.87. The first-order valence-corrected chi connectivity index (χ1v) is 18.6. The third kappa shape index (κ3) is 4.54. The predicted molar refractivity (Wildman–Crippen MR) is 215 cm³/mol. The molecule has 1 aliphatic heterocycles. The van der Waals surface area contributed by atoms with Crippen molar-refractivity contribution >= 4 is 76.3 Å². The third-order valence-electron chi connectivity index (χ3n) is 10.9. The summed E-state index contributed by atoms with van der Waals surface area (Å²) in [6, 6.07) is 47.4. The van der Waals surface area contributed by atoms with Crippen LogP contribution in [0.25, 0.3) is 70.3 Å². The van der Waals surface area contributed by atoms with Crippen molar-refractivity contribution < 1.29 is 8.83 Å². The lowest BCUT2D eigenvalue weighted by molar-refractivity contribution is 0.149. The highest BCUT2D eigenvalue weighted by molar-refractivity contribution is 7.26. The summed E-state index contributed by atoms with van der Waals surface area (Å²) >= 11 is 1.86. The van der Waals surface area contributed by atoms with E-state index in [1.54, 1.807) is 0 Å². The summed E-state index contributed by atoms with van der Waals surface area (Å²) in [5.74, 6) is 2.00. The molecular formula is C46H33N3O2S. The molecule has 0 saturated heterocycles. The van der Waals surface area contributed by atoms with Crippen molar-refractivity contribution in [3.05, 3.63) is 162 Å². The largest absolute Gasteiger partial charge is 0.460 e. The summed E-state index contributed by atoms with van der Waals surface area (Å²) in [7, 11) is 2.15. The van der Waals surface area contributed by atoms with Gasteiger partial charge in [0.2, 0.25) is 0 Å². The normalized spacial score (nSPS) is 19.1. The Balaban J connectivity index is 1.01. The van der Waals surface area contributed by atoms with Gasteiger partial charge in [0.25, 0.3) is 0 Å². The second kappa shape index (κ2) is 11.5. The second-order valence-electron chi connectivity index (χ2n) is 13.9. The number of benzene rings is 6. The van der Waals surface area contributed by atoms with E-state index in [-0.39, 0.29) is 18.2 Å². The van der Waals surface area contributed by atoms with Crippen LogP contribution in [0.2, 0.25) is 0 Å². The zero-order chi connectivity index (χ0) is 34.3. The topological polar surface area (TPSA) is 53.9 Å². The fourth-order valence-electron chi connectivity index (χ4n) is 8.37. The van der Waals surface area contributed by atoms with E-state index in [1.807, 2.05) is 23.5 Å². The SMILES string of the molecule is CN1C(c2ccccc2)N=C(C2C=Cc3c(oc4ccccc34)C2)NC1c1cccc2c1oc1cc(-c3cccc4c3sc3ccccc34)ccc12. The minimum atomic E-state index is -0.181. The number of hydrogen-bond acceptors (Lipinski definition) is 6. The predicted octanol–water partition coefficient (Wildman–Crippen LogP) is 11.9. The molecule has 3 unspecified atom stereocenters. The number of furan rings is 2. The van der Waals surface area contributed by atoms with Gasteiger partial charge in [-0.25, -0.2) is 4.99 Å². The molecule has 1 N–H and O–H groups in total.